The molecule has 2 rings (SSSR count). The molecule has 1 aromatic heterocycles. The average molecular weight is 293 g/mol. The van der Waals surface area contributed by atoms with E-state index in [9.17, 15) is 9.59 Å². The van der Waals surface area contributed by atoms with Crippen LogP contribution in [0.15, 0.2) is 18.3 Å². The summed E-state index contributed by atoms with van der Waals surface area (Å²) in [6, 6.07) is 3.76. The second-order valence-corrected chi connectivity index (χ2v) is 6.31. The molecule has 1 aliphatic heterocycles. The van der Waals surface area contributed by atoms with E-state index >= 15 is 0 Å². The van der Waals surface area contributed by atoms with Crippen LogP contribution < -0.4 is 9.80 Å². The van der Waals surface area contributed by atoms with Crippen LogP contribution in [0.5, 0.6) is 0 Å². The molecule has 1 amide bonds. The van der Waals surface area contributed by atoms with Crippen LogP contribution in [0, 0.1) is 5.92 Å². The summed E-state index contributed by atoms with van der Waals surface area (Å²) in [6.45, 7) is 2.22. The molecule has 1 unspecified atom stereocenters. The van der Waals surface area contributed by atoms with E-state index in [4.69, 9.17) is 0 Å². The van der Waals surface area contributed by atoms with Gasteiger partial charge < -0.3 is 9.80 Å². The van der Waals surface area contributed by atoms with Crippen LogP contribution >= 0.6 is 11.8 Å². The highest BCUT2D eigenvalue weighted by molar-refractivity contribution is 8.13. The Bertz CT molecular complexity index is 519. The molecule has 1 atom stereocenters. The van der Waals surface area contributed by atoms with Gasteiger partial charge >= 0.3 is 0 Å². The van der Waals surface area contributed by atoms with Crippen LogP contribution in [0.2, 0.25) is 0 Å². The molecule has 0 radical (unpaired) electrons. The molecule has 1 saturated heterocycles. The summed E-state index contributed by atoms with van der Waals surface area (Å²) in [5.41, 5.74) is 0.845. The van der Waals surface area contributed by atoms with Crippen LogP contribution in [0.3, 0.4) is 0 Å². The molecule has 6 heteroatoms. The number of carbonyl (C=O) groups excluding carboxylic acids is 2. The first kappa shape index (κ1) is 14.8. The standard InChI is InChI=1S/C14H19N3O2S/c1-10(18)20-9-11-7-13(19)17(8-11)12-5-4-6-15-14(12)16(2)3/h4-6,11H,7-9H2,1-3H3. The number of nitrogens with zero attached hydrogens (tertiary/aromatic N) is 3. The van der Waals surface area contributed by atoms with Crippen LogP contribution in [-0.2, 0) is 9.59 Å². The summed E-state index contributed by atoms with van der Waals surface area (Å²) in [6.07, 6.45) is 2.23. The van der Waals surface area contributed by atoms with Crippen molar-refractivity contribution in [3.05, 3.63) is 18.3 Å². The highest BCUT2D eigenvalue weighted by Crippen LogP contribution is 2.32. The Morgan fingerprint density at radius 2 is 2.30 bits per heavy atom. The van der Waals surface area contributed by atoms with Crippen LogP contribution in [0.4, 0.5) is 11.5 Å². The lowest BCUT2D eigenvalue weighted by atomic mass is 10.1. The first-order valence-corrected chi connectivity index (χ1v) is 7.53. The molecule has 5 nitrogen and oxygen atoms in total. The van der Waals surface area contributed by atoms with Crippen LogP contribution in [0.1, 0.15) is 13.3 Å². The maximum Gasteiger partial charge on any atom is 0.227 e. The lowest BCUT2D eigenvalue weighted by molar-refractivity contribution is -0.117. The van der Waals surface area contributed by atoms with Gasteiger partial charge in [-0.2, -0.15) is 0 Å². The molecule has 0 saturated carbocycles. The molecular weight excluding hydrogens is 274 g/mol. The largest absolute Gasteiger partial charge is 0.361 e. The second kappa shape index (κ2) is 6.26. The van der Waals surface area contributed by atoms with Gasteiger partial charge in [0.25, 0.3) is 0 Å². The van der Waals surface area contributed by atoms with Gasteiger partial charge in [0.05, 0.1) is 5.69 Å². The van der Waals surface area contributed by atoms with Crippen molar-refractivity contribution in [3.63, 3.8) is 0 Å². The van der Waals surface area contributed by atoms with E-state index in [2.05, 4.69) is 4.98 Å². The molecule has 0 aromatic carbocycles. The van der Waals surface area contributed by atoms with Crippen molar-refractivity contribution in [1.82, 2.24) is 4.98 Å². The Morgan fingerprint density at radius 3 is 2.95 bits per heavy atom. The number of thioether (sulfide) groups is 1. The molecular formula is C14H19N3O2S. The molecule has 0 aliphatic carbocycles. The average Bonchev–Trinajstić information content (AvgIpc) is 2.77. The topological polar surface area (TPSA) is 53.5 Å². The molecule has 20 heavy (non-hydrogen) atoms. The van der Waals surface area contributed by atoms with E-state index in [1.54, 1.807) is 18.0 Å². The smallest absolute Gasteiger partial charge is 0.227 e. The molecule has 0 spiro atoms. The monoisotopic (exact) mass is 293 g/mol. The number of rotatable bonds is 4. The van der Waals surface area contributed by atoms with Gasteiger partial charge in [-0.05, 0) is 18.1 Å². The minimum absolute atomic E-state index is 0.103. The quantitative estimate of drug-likeness (QED) is 0.847. The summed E-state index contributed by atoms with van der Waals surface area (Å²) in [5.74, 6) is 1.83. The van der Waals surface area contributed by atoms with E-state index < -0.39 is 0 Å². The maximum atomic E-state index is 12.2. The lowest BCUT2D eigenvalue weighted by Crippen LogP contribution is -2.27. The van der Waals surface area contributed by atoms with Crippen LogP contribution in [-0.4, -0.2) is 42.4 Å². The maximum absolute atomic E-state index is 12.2. The molecule has 0 bridgehead atoms. The number of hydrogen-bond acceptors (Lipinski definition) is 5. The fraction of sp³-hybridized carbons (Fsp3) is 0.500. The Balaban J connectivity index is 2.14. The summed E-state index contributed by atoms with van der Waals surface area (Å²) < 4.78 is 0. The second-order valence-electron chi connectivity index (χ2n) is 5.12. The summed E-state index contributed by atoms with van der Waals surface area (Å²) in [7, 11) is 3.82. The summed E-state index contributed by atoms with van der Waals surface area (Å²) >= 11 is 1.29. The Labute approximate surface area is 123 Å². The molecule has 1 aliphatic rings. The number of carbonyl (C=O) groups is 2. The number of amides is 1. The molecule has 1 aromatic rings. The van der Waals surface area contributed by atoms with Crippen molar-refractivity contribution < 1.29 is 9.59 Å². The van der Waals surface area contributed by atoms with Gasteiger partial charge in [-0.3, -0.25) is 9.59 Å². The van der Waals surface area contributed by atoms with Crippen molar-refractivity contribution >= 4 is 34.3 Å². The van der Waals surface area contributed by atoms with Crippen molar-refractivity contribution in [2.75, 3.05) is 36.2 Å². The minimum atomic E-state index is 0.103. The fourth-order valence-corrected chi connectivity index (χ4v) is 3.00. The third-order valence-corrected chi connectivity index (χ3v) is 4.25. The van der Waals surface area contributed by atoms with Crippen molar-refractivity contribution in [3.8, 4) is 0 Å². The zero-order chi connectivity index (χ0) is 14.7. The molecule has 108 valence electrons. The first-order valence-electron chi connectivity index (χ1n) is 6.55. The third-order valence-electron chi connectivity index (χ3n) is 3.21. The van der Waals surface area contributed by atoms with Gasteiger partial charge in [-0.15, -0.1) is 0 Å². The first-order chi connectivity index (χ1) is 9.49. The fourth-order valence-electron chi connectivity index (χ4n) is 2.30. The Kier molecular flexibility index (Phi) is 4.65. The zero-order valence-electron chi connectivity index (χ0n) is 12.0. The third kappa shape index (κ3) is 3.30. The van der Waals surface area contributed by atoms with Crippen molar-refractivity contribution in [1.29, 1.82) is 0 Å². The SMILES string of the molecule is CC(=O)SCC1CC(=O)N(c2cccnc2N(C)C)C1. The van der Waals surface area contributed by atoms with E-state index in [1.165, 1.54) is 11.8 Å². The number of pyridine rings is 1. The molecule has 1 fully saturated rings. The van der Waals surface area contributed by atoms with E-state index in [0.717, 1.165) is 11.5 Å². The highest BCUT2D eigenvalue weighted by atomic mass is 32.2. The van der Waals surface area contributed by atoms with E-state index in [1.807, 2.05) is 31.1 Å². The zero-order valence-corrected chi connectivity index (χ0v) is 12.8. The Morgan fingerprint density at radius 1 is 1.55 bits per heavy atom. The molecule has 2 heterocycles. The van der Waals surface area contributed by atoms with E-state index in [0.29, 0.717) is 18.7 Å². The number of anilines is 2. The summed E-state index contributed by atoms with van der Waals surface area (Å²) in [4.78, 5) is 31.2. The van der Waals surface area contributed by atoms with Gasteiger partial charge in [0.2, 0.25) is 5.91 Å². The minimum Gasteiger partial charge on any atom is -0.361 e. The predicted molar refractivity (Wildman–Crippen MR) is 82.2 cm³/mol. The highest BCUT2D eigenvalue weighted by Gasteiger charge is 2.32. The number of hydrogen-bond donors (Lipinski definition) is 0. The van der Waals surface area contributed by atoms with Crippen LogP contribution in [0.25, 0.3) is 0 Å². The normalized spacial score (nSPS) is 18.4. The van der Waals surface area contributed by atoms with Crippen molar-refractivity contribution in [2.45, 2.75) is 13.3 Å². The number of aromatic nitrogens is 1. The van der Waals surface area contributed by atoms with Crippen molar-refractivity contribution in [2.24, 2.45) is 5.92 Å². The van der Waals surface area contributed by atoms with Gasteiger partial charge in [0, 0.05) is 45.9 Å². The molecule has 0 N–H and O–H groups in total. The predicted octanol–water partition coefficient (Wildman–Crippen LogP) is 1.78. The van der Waals surface area contributed by atoms with Gasteiger partial charge in [0.1, 0.15) is 0 Å². The lowest BCUT2D eigenvalue weighted by Gasteiger charge is -2.22. The Hall–Kier alpha value is -1.56. The summed E-state index contributed by atoms with van der Waals surface area (Å²) in [5, 5.41) is 0.103. The van der Waals surface area contributed by atoms with E-state index in [-0.39, 0.29) is 16.9 Å². The van der Waals surface area contributed by atoms with Gasteiger partial charge in [-0.25, -0.2) is 4.98 Å². The van der Waals surface area contributed by atoms with Gasteiger partial charge in [0.15, 0.2) is 10.9 Å². The van der Waals surface area contributed by atoms with Gasteiger partial charge in [-0.1, -0.05) is 11.8 Å².